The molecule has 0 atom stereocenters. The molecular formula is C20H24N6O4S. The molecular weight excluding hydrogens is 420 g/mol. The van der Waals surface area contributed by atoms with Crippen molar-refractivity contribution in [3.05, 3.63) is 57.0 Å². The van der Waals surface area contributed by atoms with Crippen molar-refractivity contribution < 1.29 is 8.42 Å². The number of hydrogen-bond donors (Lipinski definition) is 1. The Balaban J connectivity index is 1.95. The molecule has 0 bridgehead atoms. The monoisotopic (exact) mass is 444 g/mol. The van der Waals surface area contributed by atoms with Crippen molar-refractivity contribution in [1.82, 2.24) is 23.1 Å². The largest absolute Gasteiger partial charge is 0.332 e. The number of sulfonamides is 1. The van der Waals surface area contributed by atoms with Crippen LogP contribution in [-0.4, -0.2) is 31.5 Å². The Kier molecular flexibility index (Phi) is 5.10. The number of unbranched alkanes of at least 4 members (excludes halogenated alkanes) is 2. The van der Waals surface area contributed by atoms with Gasteiger partial charge in [-0.3, -0.25) is 22.9 Å². The highest BCUT2D eigenvalue weighted by atomic mass is 32.2. The molecule has 0 saturated carbocycles. The predicted octanol–water partition coefficient (Wildman–Crippen LogP) is 1.28. The van der Waals surface area contributed by atoms with E-state index in [0.29, 0.717) is 29.2 Å². The van der Waals surface area contributed by atoms with Crippen LogP contribution in [0.15, 0.2) is 44.9 Å². The molecule has 1 aromatic carbocycles. The van der Waals surface area contributed by atoms with E-state index in [1.54, 1.807) is 34.3 Å². The van der Waals surface area contributed by atoms with Crippen LogP contribution in [0.25, 0.3) is 22.6 Å². The van der Waals surface area contributed by atoms with Gasteiger partial charge in [-0.1, -0.05) is 19.8 Å². The van der Waals surface area contributed by atoms with Crippen LogP contribution in [0.5, 0.6) is 0 Å². The first-order valence-corrected chi connectivity index (χ1v) is 11.5. The summed E-state index contributed by atoms with van der Waals surface area (Å²) in [6.45, 7) is 4.28. The second kappa shape index (κ2) is 7.50. The Bertz CT molecular complexity index is 1520. The maximum Gasteiger partial charge on any atom is 0.332 e. The quantitative estimate of drug-likeness (QED) is 0.448. The van der Waals surface area contributed by atoms with Crippen LogP contribution < -0.4 is 16.4 Å². The number of aryl methyl sites for hydroxylation is 2. The second-order valence-electron chi connectivity index (χ2n) is 7.60. The summed E-state index contributed by atoms with van der Waals surface area (Å²) < 4.78 is 29.2. The third kappa shape index (κ3) is 3.39. The third-order valence-corrected chi connectivity index (χ3v) is 6.36. The highest BCUT2D eigenvalue weighted by molar-refractivity contribution is 7.89. The van der Waals surface area contributed by atoms with E-state index in [0.717, 1.165) is 25.0 Å². The molecule has 0 aliphatic heterocycles. The standard InChI is InChI=1S/C20H24N6O4S/c1-4-5-6-11-24-18(27)16-17(23(3)20(24)28)22-19-25(16)12-13(2)26(19)14-7-9-15(10-8-14)31(21,29)30/h7-10,12H,4-6,11H2,1-3H3,(H2,21,29,30). The molecule has 164 valence electrons. The first-order chi connectivity index (χ1) is 14.6. The van der Waals surface area contributed by atoms with E-state index in [9.17, 15) is 18.0 Å². The fraction of sp³-hybridized carbons (Fsp3) is 0.350. The molecule has 3 aromatic heterocycles. The molecule has 31 heavy (non-hydrogen) atoms. The Labute approximate surface area is 178 Å². The molecule has 2 N–H and O–H groups in total. The lowest BCUT2D eigenvalue weighted by Gasteiger charge is -2.07. The van der Waals surface area contributed by atoms with Crippen LogP contribution in [0.1, 0.15) is 31.9 Å². The van der Waals surface area contributed by atoms with Crippen molar-refractivity contribution >= 4 is 27.0 Å². The fourth-order valence-electron chi connectivity index (χ4n) is 3.83. The summed E-state index contributed by atoms with van der Waals surface area (Å²) in [5.74, 6) is 0.453. The zero-order valence-corrected chi connectivity index (χ0v) is 18.4. The van der Waals surface area contributed by atoms with Crippen molar-refractivity contribution in [3.8, 4) is 5.69 Å². The van der Waals surface area contributed by atoms with E-state index in [1.807, 2.05) is 6.92 Å². The third-order valence-electron chi connectivity index (χ3n) is 5.43. The van der Waals surface area contributed by atoms with Crippen LogP contribution in [0.3, 0.4) is 0 Å². The number of aromatic nitrogens is 5. The van der Waals surface area contributed by atoms with Gasteiger partial charge >= 0.3 is 5.69 Å². The highest BCUT2D eigenvalue weighted by Crippen LogP contribution is 2.22. The van der Waals surface area contributed by atoms with Gasteiger partial charge in [0.2, 0.25) is 15.8 Å². The molecule has 4 aromatic rings. The van der Waals surface area contributed by atoms with E-state index < -0.39 is 15.7 Å². The van der Waals surface area contributed by atoms with E-state index in [4.69, 9.17) is 5.14 Å². The molecule has 11 heteroatoms. The number of nitrogens with zero attached hydrogens (tertiary/aromatic N) is 5. The van der Waals surface area contributed by atoms with Gasteiger partial charge in [-0.15, -0.1) is 0 Å². The van der Waals surface area contributed by atoms with Gasteiger partial charge < -0.3 is 0 Å². The molecule has 0 aliphatic carbocycles. The number of benzene rings is 1. The molecule has 0 amide bonds. The van der Waals surface area contributed by atoms with Gasteiger partial charge in [0, 0.05) is 31.2 Å². The average molecular weight is 445 g/mol. The second-order valence-corrected chi connectivity index (χ2v) is 9.17. The van der Waals surface area contributed by atoms with Gasteiger partial charge in [-0.2, -0.15) is 4.98 Å². The molecule has 10 nitrogen and oxygen atoms in total. The van der Waals surface area contributed by atoms with Gasteiger partial charge in [0.15, 0.2) is 11.2 Å². The lowest BCUT2D eigenvalue weighted by molar-refractivity contribution is 0.550. The topological polar surface area (TPSA) is 126 Å². The molecule has 0 fully saturated rings. The Morgan fingerprint density at radius 1 is 1.10 bits per heavy atom. The number of fused-ring (bicyclic) bond motifs is 3. The molecule has 0 spiro atoms. The number of rotatable bonds is 6. The summed E-state index contributed by atoms with van der Waals surface area (Å²) in [7, 11) is -2.20. The lowest BCUT2D eigenvalue weighted by atomic mass is 10.2. The minimum Gasteiger partial charge on any atom is -0.283 e. The molecule has 3 heterocycles. The van der Waals surface area contributed by atoms with Crippen molar-refractivity contribution in [2.24, 2.45) is 12.2 Å². The molecule has 0 unspecified atom stereocenters. The SMILES string of the molecule is CCCCCn1c(=O)c2c(nc3n(-c4ccc(S(N)(=O)=O)cc4)c(C)cn23)n(C)c1=O. The molecule has 0 aliphatic rings. The zero-order chi connectivity index (χ0) is 22.5. The number of nitrogens with two attached hydrogens (primary N) is 1. The summed E-state index contributed by atoms with van der Waals surface area (Å²) in [6.07, 6.45) is 4.44. The Morgan fingerprint density at radius 3 is 2.39 bits per heavy atom. The zero-order valence-electron chi connectivity index (χ0n) is 17.6. The first-order valence-electron chi connectivity index (χ1n) is 9.98. The summed E-state index contributed by atoms with van der Waals surface area (Å²) in [5.41, 5.74) is 1.31. The number of hydrogen-bond acceptors (Lipinski definition) is 5. The summed E-state index contributed by atoms with van der Waals surface area (Å²) in [5, 5.41) is 5.18. The maximum absolute atomic E-state index is 13.2. The normalized spacial score (nSPS) is 12.3. The summed E-state index contributed by atoms with van der Waals surface area (Å²) in [6, 6.07) is 6.07. The minimum atomic E-state index is -3.80. The fourth-order valence-corrected chi connectivity index (χ4v) is 4.35. The van der Waals surface area contributed by atoms with Crippen LogP contribution >= 0.6 is 0 Å². The van der Waals surface area contributed by atoms with Crippen molar-refractivity contribution in [1.29, 1.82) is 0 Å². The lowest BCUT2D eigenvalue weighted by Crippen LogP contribution is -2.39. The van der Waals surface area contributed by atoms with Crippen LogP contribution in [0.2, 0.25) is 0 Å². The molecule has 0 saturated heterocycles. The van der Waals surface area contributed by atoms with Gasteiger partial charge in [0.25, 0.3) is 5.56 Å². The molecule has 0 radical (unpaired) electrons. The number of imidazole rings is 2. The van der Waals surface area contributed by atoms with E-state index >= 15 is 0 Å². The van der Waals surface area contributed by atoms with Gasteiger partial charge in [0.05, 0.1) is 4.90 Å². The van der Waals surface area contributed by atoms with E-state index in [2.05, 4.69) is 11.9 Å². The maximum atomic E-state index is 13.2. The van der Waals surface area contributed by atoms with Crippen LogP contribution in [0, 0.1) is 6.92 Å². The minimum absolute atomic E-state index is 0.00273. The van der Waals surface area contributed by atoms with Crippen molar-refractivity contribution in [2.75, 3.05) is 0 Å². The van der Waals surface area contributed by atoms with E-state index in [1.165, 1.54) is 21.3 Å². The van der Waals surface area contributed by atoms with Crippen molar-refractivity contribution in [2.45, 2.75) is 44.6 Å². The van der Waals surface area contributed by atoms with Gasteiger partial charge in [0.1, 0.15) is 0 Å². The van der Waals surface area contributed by atoms with Crippen molar-refractivity contribution in [3.63, 3.8) is 0 Å². The number of primary sulfonamides is 1. The van der Waals surface area contributed by atoms with Crippen LogP contribution in [0.4, 0.5) is 0 Å². The Hall–Kier alpha value is -3.18. The predicted molar refractivity (Wildman–Crippen MR) is 117 cm³/mol. The van der Waals surface area contributed by atoms with Crippen LogP contribution in [-0.2, 0) is 23.6 Å². The van der Waals surface area contributed by atoms with E-state index in [-0.39, 0.29) is 10.5 Å². The Morgan fingerprint density at radius 2 is 1.77 bits per heavy atom. The van der Waals surface area contributed by atoms with Gasteiger partial charge in [-0.25, -0.2) is 18.4 Å². The smallest absolute Gasteiger partial charge is 0.283 e. The first kappa shape index (κ1) is 21.1. The van der Waals surface area contributed by atoms with Gasteiger partial charge in [-0.05, 0) is 37.6 Å². The molecule has 4 rings (SSSR count). The average Bonchev–Trinajstić information content (AvgIpc) is 3.23. The summed E-state index contributed by atoms with van der Waals surface area (Å²) >= 11 is 0. The highest BCUT2D eigenvalue weighted by Gasteiger charge is 2.21. The summed E-state index contributed by atoms with van der Waals surface area (Å²) in [4.78, 5) is 30.5.